The molecule has 1 amide bonds. The molecule has 0 radical (unpaired) electrons. The third-order valence-corrected chi connectivity index (χ3v) is 7.13. The van der Waals surface area contributed by atoms with Gasteiger partial charge in [-0.25, -0.2) is 9.78 Å². The topological polar surface area (TPSA) is 90.0 Å². The van der Waals surface area contributed by atoms with Crippen molar-refractivity contribution in [2.24, 2.45) is 0 Å². The molecular weight excluding hydrogens is 460 g/mol. The average molecular weight is 481 g/mol. The maximum atomic E-state index is 13.2. The molecule has 0 fully saturated rings. The van der Waals surface area contributed by atoms with Crippen molar-refractivity contribution in [2.75, 3.05) is 5.32 Å². The van der Waals surface area contributed by atoms with Gasteiger partial charge in [-0.2, -0.15) is 9.78 Å². The van der Waals surface area contributed by atoms with Gasteiger partial charge in [0.2, 0.25) is 5.13 Å². The van der Waals surface area contributed by atoms with Crippen LogP contribution in [0.15, 0.2) is 69.9 Å². The largest absolute Gasteiger partial charge is 0.422 e. The summed E-state index contributed by atoms with van der Waals surface area (Å²) in [6, 6.07) is 18.9. The first-order valence-electron chi connectivity index (χ1n) is 11.1. The van der Waals surface area contributed by atoms with E-state index in [-0.39, 0.29) is 5.56 Å². The summed E-state index contributed by atoms with van der Waals surface area (Å²) in [5.74, 6) is -0.139. The fraction of sp³-hybridized carbons (Fsp3) is 0.111. The number of benzene rings is 3. The number of amides is 1. The molecule has 1 N–H and O–H groups in total. The number of anilines is 1. The van der Waals surface area contributed by atoms with Crippen LogP contribution in [-0.2, 0) is 0 Å². The summed E-state index contributed by atoms with van der Waals surface area (Å²) >= 11 is 1.49. The van der Waals surface area contributed by atoms with Crippen LogP contribution >= 0.6 is 11.3 Å². The highest BCUT2D eigenvalue weighted by Gasteiger charge is 2.19. The zero-order valence-electron chi connectivity index (χ0n) is 19.2. The minimum atomic E-state index is -0.695. The smallest absolute Gasteiger partial charge is 0.349 e. The number of nitrogens with one attached hydrogen (secondary N) is 1. The van der Waals surface area contributed by atoms with Crippen molar-refractivity contribution in [3.63, 3.8) is 0 Å². The number of aryl methyl sites for hydroxylation is 3. The summed E-state index contributed by atoms with van der Waals surface area (Å²) in [5, 5.41) is 10.6. The van der Waals surface area contributed by atoms with Gasteiger partial charge in [0.25, 0.3) is 5.91 Å². The van der Waals surface area contributed by atoms with E-state index in [0.29, 0.717) is 27.6 Å². The minimum Gasteiger partial charge on any atom is -0.422 e. The number of nitrogens with zero attached hydrogens (tertiary/aromatic N) is 3. The summed E-state index contributed by atoms with van der Waals surface area (Å²) in [7, 11) is 0. The normalized spacial score (nSPS) is 11.5. The van der Waals surface area contributed by atoms with Crippen LogP contribution in [0.1, 0.15) is 27.2 Å². The highest BCUT2D eigenvalue weighted by molar-refractivity contribution is 7.20. The Hall–Kier alpha value is -4.30. The lowest BCUT2D eigenvalue weighted by atomic mass is 10.0. The molecule has 3 aromatic heterocycles. The lowest BCUT2D eigenvalue weighted by Crippen LogP contribution is -2.22. The number of hydrogen-bond donors (Lipinski definition) is 1. The highest BCUT2D eigenvalue weighted by Crippen LogP contribution is 2.30. The number of fused-ring (bicyclic) bond motifs is 4. The zero-order chi connectivity index (χ0) is 24.3. The molecule has 3 heterocycles. The maximum Gasteiger partial charge on any atom is 0.349 e. The summed E-state index contributed by atoms with van der Waals surface area (Å²) < 4.78 is 8.13. The Morgan fingerprint density at radius 2 is 1.77 bits per heavy atom. The van der Waals surface area contributed by atoms with Gasteiger partial charge >= 0.3 is 5.63 Å². The maximum absolute atomic E-state index is 13.2. The summed E-state index contributed by atoms with van der Waals surface area (Å²) in [6.07, 6.45) is 0. The lowest BCUT2D eigenvalue weighted by molar-refractivity contribution is 0.102. The third-order valence-electron chi connectivity index (χ3n) is 6.13. The Bertz CT molecular complexity index is 1820. The van der Waals surface area contributed by atoms with Gasteiger partial charge in [-0.15, -0.1) is 0 Å². The van der Waals surface area contributed by atoms with Crippen LogP contribution in [0.2, 0.25) is 0 Å². The van der Waals surface area contributed by atoms with E-state index in [1.165, 1.54) is 16.9 Å². The van der Waals surface area contributed by atoms with Crippen LogP contribution in [0, 0.1) is 20.8 Å². The van der Waals surface area contributed by atoms with Crippen molar-refractivity contribution in [1.29, 1.82) is 0 Å². The summed E-state index contributed by atoms with van der Waals surface area (Å²) in [6.45, 7) is 5.95. The van der Waals surface area contributed by atoms with Crippen molar-refractivity contribution in [2.45, 2.75) is 20.8 Å². The number of carbonyl (C=O) groups is 1. The van der Waals surface area contributed by atoms with E-state index in [1.54, 1.807) is 22.9 Å². The quantitative estimate of drug-likeness (QED) is 0.251. The molecule has 0 aliphatic rings. The van der Waals surface area contributed by atoms with Crippen LogP contribution in [0.25, 0.3) is 37.1 Å². The van der Waals surface area contributed by atoms with Crippen LogP contribution < -0.4 is 10.9 Å². The van der Waals surface area contributed by atoms with Crippen LogP contribution in [-0.4, -0.2) is 20.7 Å². The number of hydrogen-bond acceptors (Lipinski definition) is 6. The van der Waals surface area contributed by atoms with Gasteiger partial charge in [0.05, 0.1) is 15.9 Å². The third kappa shape index (κ3) is 3.59. The highest BCUT2D eigenvalue weighted by atomic mass is 32.1. The van der Waals surface area contributed by atoms with Gasteiger partial charge in [-0.3, -0.25) is 4.79 Å². The monoisotopic (exact) mass is 480 g/mol. The Labute approximate surface area is 203 Å². The van der Waals surface area contributed by atoms with E-state index in [1.807, 2.05) is 43.3 Å². The second-order valence-corrected chi connectivity index (χ2v) is 9.59. The SMILES string of the molecule is Cc1cc(NC(=O)c2cc3c(ccc4ccccc43)oc2=O)n(-c2nc3cc(C)c(C)cc3s2)n1. The number of rotatable bonds is 3. The van der Waals surface area contributed by atoms with Gasteiger partial charge in [-0.05, 0) is 66.9 Å². The van der Waals surface area contributed by atoms with Crippen molar-refractivity contribution in [3.8, 4) is 5.13 Å². The predicted molar refractivity (Wildman–Crippen MR) is 139 cm³/mol. The van der Waals surface area contributed by atoms with Gasteiger partial charge in [0.1, 0.15) is 17.0 Å². The first-order valence-corrected chi connectivity index (χ1v) is 11.9. The van der Waals surface area contributed by atoms with E-state index in [2.05, 4.69) is 30.3 Å². The van der Waals surface area contributed by atoms with Crippen molar-refractivity contribution in [3.05, 3.63) is 93.5 Å². The Kier molecular flexibility index (Phi) is 4.79. The molecule has 172 valence electrons. The molecule has 35 heavy (non-hydrogen) atoms. The molecule has 6 rings (SSSR count). The van der Waals surface area contributed by atoms with Crippen molar-refractivity contribution in [1.82, 2.24) is 14.8 Å². The fourth-order valence-corrected chi connectivity index (χ4v) is 5.22. The molecule has 0 spiro atoms. The van der Waals surface area contributed by atoms with Gasteiger partial charge in [0, 0.05) is 11.5 Å². The molecular formula is C27H20N4O3S. The molecule has 0 atom stereocenters. The van der Waals surface area contributed by atoms with Crippen molar-refractivity contribution >= 4 is 55.0 Å². The summed E-state index contributed by atoms with van der Waals surface area (Å²) in [4.78, 5) is 30.6. The van der Waals surface area contributed by atoms with Crippen LogP contribution in [0.4, 0.5) is 5.82 Å². The first-order chi connectivity index (χ1) is 16.9. The van der Waals surface area contributed by atoms with E-state index < -0.39 is 11.5 Å². The molecule has 7 nitrogen and oxygen atoms in total. The minimum absolute atomic E-state index is 0.0743. The Morgan fingerprint density at radius 3 is 2.63 bits per heavy atom. The van der Waals surface area contributed by atoms with Crippen LogP contribution in [0.5, 0.6) is 0 Å². The van der Waals surface area contributed by atoms with E-state index in [4.69, 9.17) is 9.40 Å². The van der Waals surface area contributed by atoms with E-state index in [0.717, 1.165) is 26.6 Å². The number of thiazole rings is 1. The van der Waals surface area contributed by atoms with E-state index in [9.17, 15) is 9.59 Å². The predicted octanol–water partition coefficient (Wildman–Crippen LogP) is 5.92. The molecule has 0 unspecified atom stereocenters. The molecule has 8 heteroatoms. The Balaban J connectivity index is 1.41. The van der Waals surface area contributed by atoms with Crippen molar-refractivity contribution < 1.29 is 9.21 Å². The van der Waals surface area contributed by atoms with E-state index >= 15 is 0 Å². The fourth-order valence-electron chi connectivity index (χ4n) is 4.21. The molecule has 0 aliphatic heterocycles. The molecule has 0 bridgehead atoms. The molecule has 0 aliphatic carbocycles. The molecule has 0 saturated heterocycles. The average Bonchev–Trinajstić information content (AvgIpc) is 3.41. The number of aromatic nitrogens is 3. The number of carbonyl (C=O) groups excluding carboxylic acids is 1. The van der Waals surface area contributed by atoms with Gasteiger partial charge in [-0.1, -0.05) is 41.7 Å². The summed E-state index contributed by atoms with van der Waals surface area (Å²) in [5.41, 5.74) is 3.60. The lowest BCUT2D eigenvalue weighted by Gasteiger charge is -2.07. The van der Waals surface area contributed by atoms with Crippen LogP contribution in [0.3, 0.4) is 0 Å². The first kappa shape index (κ1) is 21.2. The molecule has 6 aromatic rings. The van der Waals surface area contributed by atoms with Gasteiger partial charge in [0.15, 0.2) is 0 Å². The second kappa shape index (κ2) is 7.89. The standard InChI is InChI=1S/C27H20N4O3S/c1-14-10-21-23(11-15(14)2)35-27(28-21)31-24(12-16(3)30-31)29-25(32)20-13-19-18-7-5-4-6-17(18)8-9-22(19)34-26(20)33/h4-13H,1-3H3,(H,29,32). The van der Waals surface area contributed by atoms with Gasteiger partial charge < -0.3 is 9.73 Å². The Morgan fingerprint density at radius 1 is 0.971 bits per heavy atom. The second-order valence-electron chi connectivity index (χ2n) is 8.58. The molecule has 0 saturated carbocycles. The zero-order valence-corrected chi connectivity index (χ0v) is 20.1. The molecule has 3 aromatic carbocycles.